The Hall–Kier alpha value is -3.83. The summed E-state index contributed by atoms with van der Waals surface area (Å²) in [6, 6.07) is 18.5. The first-order valence-corrected chi connectivity index (χ1v) is 8.85. The Balaban J connectivity index is 1.68. The maximum Gasteiger partial charge on any atom is 0.185 e. The minimum absolute atomic E-state index is 0.0124. The summed E-state index contributed by atoms with van der Waals surface area (Å²) in [5.41, 5.74) is 3.41. The molecule has 0 saturated heterocycles. The molecule has 28 heavy (non-hydrogen) atoms. The summed E-state index contributed by atoms with van der Waals surface area (Å²) in [4.78, 5) is 12.7. The van der Waals surface area contributed by atoms with Gasteiger partial charge in [0, 0.05) is 11.1 Å². The number of carbonyl (C=O) groups is 1. The maximum atomic E-state index is 12.7. The molecule has 5 nitrogen and oxygen atoms in total. The van der Waals surface area contributed by atoms with E-state index in [1.165, 1.54) is 0 Å². The molecule has 138 valence electrons. The van der Waals surface area contributed by atoms with Crippen LogP contribution in [0.25, 0.3) is 12.2 Å². The van der Waals surface area contributed by atoms with Gasteiger partial charge in [-0.05, 0) is 60.4 Å². The predicted octanol–water partition coefficient (Wildman–Crippen LogP) is 4.32. The summed E-state index contributed by atoms with van der Waals surface area (Å²) in [7, 11) is 0. The topological polar surface area (TPSA) is 83.1 Å². The van der Waals surface area contributed by atoms with Crippen LogP contribution in [0, 0.1) is 22.7 Å². The number of ether oxygens (including phenoxy) is 2. The van der Waals surface area contributed by atoms with Crippen molar-refractivity contribution < 1.29 is 14.3 Å². The molecule has 0 aromatic heterocycles. The van der Waals surface area contributed by atoms with Gasteiger partial charge in [0.1, 0.15) is 23.6 Å². The highest BCUT2D eigenvalue weighted by molar-refractivity contribution is 6.15. The van der Waals surface area contributed by atoms with Crippen molar-refractivity contribution in [3.05, 3.63) is 70.8 Å². The number of hydrogen-bond acceptors (Lipinski definition) is 5. The molecule has 0 aliphatic heterocycles. The van der Waals surface area contributed by atoms with E-state index in [4.69, 9.17) is 20.0 Å². The van der Waals surface area contributed by atoms with Gasteiger partial charge in [-0.25, -0.2) is 0 Å². The molecule has 1 fully saturated rings. The molecule has 0 spiro atoms. The standard InChI is InChI=1S/C23H18N2O3/c24-11-13-27-21-7-1-17(2-8-21)15-19-5-6-20(23(19)26)16-18-3-9-22(10-4-18)28-14-12-25/h1-4,7-10,15-16H,5-6,13-14H2/b19-15+,20-16+. The zero-order valence-corrected chi connectivity index (χ0v) is 15.2. The first-order valence-electron chi connectivity index (χ1n) is 8.85. The van der Waals surface area contributed by atoms with Gasteiger partial charge >= 0.3 is 0 Å². The van der Waals surface area contributed by atoms with Crippen LogP contribution < -0.4 is 9.47 Å². The molecule has 1 saturated carbocycles. The van der Waals surface area contributed by atoms with Crippen molar-refractivity contribution >= 4 is 17.9 Å². The predicted molar refractivity (Wildman–Crippen MR) is 105 cm³/mol. The fraction of sp³-hybridized carbons (Fsp3) is 0.174. The van der Waals surface area contributed by atoms with Crippen LogP contribution in [0.2, 0.25) is 0 Å². The first kappa shape index (κ1) is 18.9. The summed E-state index contributed by atoms with van der Waals surface area (Å²) < 4.78 is 10.5. The number of nitriles is 2. The summed E-state index contributed by atoms with van der Waals surface area (Å²) in [6.45, 7) is 0.0248. The lowest BCUT2D eigenvalue weighted by Crippen LogP contribution is -1.96. The highest BCUT2D eigenvalue weighted by atomic mass is 16.5. The summed E-state index contributed by atoms with van der Waals surface area (Å²) in [5, 5.41) is 17.1. The third-order valence-corrected chi connectivity index (χ3v) is 4.30. The number of allylic oxidation sites excluding steroid dienone is 2. The number of hydrogen-bond donors (Lipinski definition) is 0. The lowest BCUT2D eigenvalue weighted by molar-refractivity contribution is -0.111. The SMILES string of the molecule is N#CCOc1ccc(/C=C2\CC/C(=C\c3ccc(OCC#N)cc3)C2=O)cc1. The Morgan fingerprint density at radius 1 is 0.750 bits per heavy atom. The fourth-order valence-corrected chi connectivity index (χ4v) is 2.93. The van der Waals surface area contributed by atoms with Gasteiger partial charge < -0.3 is 9.47 Å². The molecule has 1 aliphatic carbocycles. The van der Waals surface area contributed by atoms with Crippen molar-refractivity contribution in [3.8, 4) is 23.6 Å². The van der Waals surface area contributed by atoms with E-state index in [9.17, 15) is 4.79 Å². The number of carbonyl (C=O) groups excluding carboxylic acids is 1. The highest BCUT2D eigenvalue weighted by Gasteiger charge is 2.22. The van der Waals surface area contributed by atoms with E-state index in [1.807, 2.05) is 48.6 Å². The second-order valence-electron chi connectivity index (χ2n) is 6.20. The Labute approximate surface area is 163 Å². The number of nitrogens with zero attached hydrogens (tertiary/aromatic N) is 2. The van der Waals surface area contributed by atoms with E-state index >= 15 is 0 Å². The smallest absolute Gasteiger partial charge is 0.185 e. The molecule has 0 atom stereocenters. The summed E-state index contributed by atoms with van der Waals surface area (Å²) in [6.07, 6.45) is 5.22. The van der Waals surface area contributed by atoms with Gasteiger partial charge in [0.2, 0.25) is 0 Å². The Morgan fingerprint density at radius 2 is 1.14 bits per heavy atom. The van der Waals surface area contributed by atoms with Crippen LogP contribution in [0.15, 0.2) is 59.7 Å². The lowest BCUT2D eigenvalue weighted by atomic mass is 10.1. The molecule has 1 aliphatic rings. The highest BCUT2D eigenvalue weighted by Crippen LogP contribution is 2.30. The van der Waals surface area contributed by atoms with Crippen molar-refractivity contribution in [2.24, 2.45) is 0 Å². The molecule has 0 unspecified atom stereocenters. The largest absolute Gasteiger partial charge is 0.479 e. The lowest BCUT2D eigenvalue weighted by Gasteiger charge is -2.02. The van der Waals surface area contributed by atoms with Crippen LogP contribution in [0.4, 0.5) is 0 Å². The van der Waals surface area contributed by atoms with Crippen LogP contribution >= 0.6 is 0 Å². The molecular formula is C23H18N2O3. The van der Waals surface area contributed by atoms with Crippen LogP contribution in [0.1, 0.15) is 24.0 Å². The quantitative estimate of drug-likeness (QED) is 0.707. The van der Waals surface area contributed by atoms with Crippen LogP contribution in [-0.4, -0.2) is 19.0 Å². The van der Waals surface area contributed by atoms with Gasteiger partial charge in [-0.15, -0.1) is 0 Å². The van der Waals surface area contributed by atoms with Crippen molar-refractivity contribution in [1.29, 1.82) is 10.5 Å². The monoisotopic (exact) mass is 370 g/mol. The molecule has 0 radical (unpaired) electrons. The Morgan fingerprint density at radius 3 is 1.50 bits per heavy atom. The van der Waals surface area contributed by atoms with Gasteiger partial charge in [0.05, 0.1) is 0 Å². The first-order chi connectivity index (χ1) is 13.7. The van der Waals surface area contributed by atoms with Gasteiger partial charge in [0.15, 0.2) is 19.0 Å². The van der Waals surface area contributed by atoms with Crippen LogP contribution in [-0.2, 0) is 4.79 Å². The molecule has 0 heterocycles. The third-order valence-electron chi connectivity index (χ3n) is 4.30. The van der Waals surface area contributed by atoms with E-state index in [1.54, 1.807) is 24.3 Å². The van der Waals surface area contributed by atoms with Gasteiger partial charge in [-0.1, -0.05) is 24.3 Å². The van der Waals surface area contributed by atoms with Gasteiger partial charge in [0.25, 0.3) is 0 Å². The normalized spacial score (nSPS) is 16.0. The van der Waals surface area contributed by atoms with Crippen molar-refractivity contribution in [2.45, 2.75) is 12.8 Å². The molecule has 0 bridgehead atoms. The minimum atomic E-state index is 0.0124. The van der Waals surface area contributed by atoms with Crippen LogP contribution in [0.5, 0.6) is 11.5 Å². The molecule has 0 amide bonds. The molecule has 5 heteroatoms. The number of ketones is 1. The zero-order valence-electron chi connectivity index (χ0n) is 15.2. The van der Waals surface area contributed by atoms with Crippen molar-refractivity contribution in [3.63, 3.8) is 0 Å². The number of Topliss-reactive ketones (excluding diaryl/α,β-unsaturated/α-hetero) is 1. The molecule has 0 N–H and O–H groups in total. The van der Waals surface area contributed by atoms with Gasteiger partial charge in [-0.3, -0.25) is 4.79 Å². The summed E-state index contributed by atoms with van der Waals surface area (Å²) >= 11 is 0. The maximum absolute atomic E-state index is 12.7. The van der Waals surface area contributed by atoms with E-state index < -0.39 is 0 Å². The van der Waals surface area contributed by atoms with Crippen molar-refractivity contribution in [2.75, 3.05) is 13.2 Å². The average Bonchev–Trinajstić information content (AvgIpc) is 3.06. The van der Waals surface area contributed by atoms with E-state index in [0.717, 1.165) is 22.3 Å². The molecule has 3 rings (SSSR count). The second kappa shape index (κ2) is 9.21. The van der Waals surface area contributed by atoms with Crippen molar-refractivity contribution in [1.82, 2.24) is 0 Å². The Bertz CT molecular complexity index is 907. The molecule has 2 aromatic rings. The van der Waals surface area contributed by atoms with Gasteiger partial charge in [-0.2, -0.15) is 10.5 Å². The van der Waals surface area contributed by atoms with Crippen LogP contribution in [0.3, 0.4) is 0 Å². The molecular weight excluding hydrogens is 352 g/mol. The minimum Gasteiger partial charge on any atom is -0.479 e. The van der Waals surface area contributed by atoms with E-state index in [-0.39, 0.29) is 19.0 Å². The third kappa shape index (κ3) is 4.87. The second-order valence-corrected chi connectivity index (χ2v) is 6.20. The number of rotatable bonds is 6. The Kier molecular flexibility index (Phi) is 6.23. The number of benzene rings is 2. The molecule has 2 aromatic carbocycles. The zero-order chi connectivity index (χ0) is 19.8. The van der Waals surface area contributed by atoms with E-state index in [0.29, 0.717) is 24.3 Å². The summed E-state index contributed by atoms with van der Waals surface area (Å²) in [5.74, 6) is 1.32. The van der Waals surface area contributed by atoms with E-state index in [2.05, 4.69) is 0 Å². The fourth-order valence-electron chi connectivity index (χ4n) is 2.93. The average molecular weight is 370 g/mol.